The Morgan fingerprint density at radius 1 is 1.37 bits per heavy atom. The lowest BCUT2D eigenvalue weighted by Gasteiger charge is -2.03. The number of furan rings is 1. The van der Waals surface area contributed by atoms with Gasteiger partial charge >= 0.3 is 5.97 Å². The number of carbonyl (C=O) groups is 1. The molecule has 98 valence electrons. The van der Waals surface area contributed by atoms with Gasteiger partial charge in [0.15, 0.2) is 0 Å². The van der Waals surface area contributed by atoms with Crippen molar-refractivity contribution < 1.29 is 18.7 Å². The molecule has 1 aromatic carbocycles. The number of halogens is 1. The number of benzene rings is 1. The molecule has 2 aromatic rings. The predicted molar refractivity (Wildman–Crippen MR) is 67.3 cm³/mol. The molecule has 3 nitrogen and oxygen atoms in total. The minimum Gasteiger partial charge on any atom is -0.481 e. The van der Waals surface area contributed by atoms with E-state index in [4.69, 9.17) is 9.52 Å². The van der Waals surface area contributed by atoms with Crippen LogP contribution in [0.4, 0.5) is 4.39 Å². The van der Waals surface area contributed by atoms with Crippen LogP contribution in [-0.4, -0.2) is 11.1 Å². The zero-order chi connectivity index (χ0) is 13.6. The molecule has 1 aliphatic rings. The Hall–Kier alpha value is -2.10. The highest BCUT2D eigenvalue weighted by atomic mass is 19.1. The Kier molecular flexibility index (Phi) is 2.66. The summed E-state index contributed by atoms with van der Waals surface area (Å²) in [6.07, 6.45) is 0.615. The smallest absolute Gasteiger partial charge is 0.307 e. The van der Waals surface area contributed by atoms with Crippen LogP contribution in [0.2, 0.25) is 0 Å². The van der Waals surface area contributed by atoms with Crippen LogP contribution < -0.4 is 0 Å². The molecule has 2 atom stereocenters. The van der Waals surface area contributed by atoms with E-state index in [2.05, 4.69) is 0 Å². The summed E-state index contributed by atoms with van der Waals surface area (Å²) in [5.74, 6) is -0.183. The van der Waals surface area contributed by atoms with Crippen LogP contribution in [0.5, 0.6) is 0 Å². The summed E-state index contributed by atoms with van der Waals surface area (Å²) in [6, 6.07) is 8.39. The van der Waals surface area contributed by atoms with E-state index in [1.165, 1.54) is 6.07 Å². The van der Waals surface area contributed by atoms with Gasteiger partial charge in [-0.2, -0.15) is 0 Å². The molecule has 1 saturated carbocycles. The van der Waals surface area contributed by atoms with Crippen LogP contribution in [0.1, 0.15) is 23.7 Å². The molecule has 0 spiro atoms. The number of aliphatic carboxylic acids is 1. The second-order valence-electron chi connectivity index (χ2n) is 4.90. The average Bonchev–Trinajstić information content (AvgIpc) is 3.04. The molecule has 1 fully saturated rings. The maximum atomic E-state index is 13.5. The van der Waals surface area contributed by atoms with Crippen LogP contribution in [0.3, 0.4) is 0 Å². The zero-order valence-corrected chi connectivity index (χ0v) is 10.4. The lowest BCUT2D eigenvalue weighted by molar-refractivity contribution is -0.138. The Morgan fingerprint density at radius 2 is 2.16 bits per heavy atom. The van der Waals surface area contributed by atoms with E-state index >= 15 is 0 Å². The van der Waals surface area contributed by atoms with Gasteiger partial charge in [0.25, 0.3) is 0 Å². The molecule has 0 saturated heterocycles. The van der Waals surface area contributed by atoms with Crippen LogP contribution in [-0.2, 0) is 4.79 Å². The molecule has 0 bridgehead atoms. The van der Waals surface area contributed by atoms with E-state index < -0.39 is 5.97 Å². The molecule has 0 unspecified atom stereocenters. The Labute approximate surface area is 109 Å². The van der Waals surface area contributed by atoms with Crippen molar-refractivity contribution in [3.05, 3.63) is 47.5 Å². The van der Waals surface area contributed by atoms with Gasteiger partial charge in [-0.05, 0) is 37.1 Å². The fraction of sp³-hybridized carbons (Fsp3) is 0.267. The van der Waals surface area contributed by atoms with Gasteiger partial charge in [0.05, 0.1) is 5.92 Å². The normalized spacial score (nSPS) is 21.4. The van der Waals surface area contributed by atoms with Crippen molar-refractivity contribution in [3.8, 4) is 11.3 Å². The molecule has 1 heterocycles. The van der Waals surface area contributed by atoms with E-state index in [0.29, 0.717) is 29.1 Å². The van der Waals surface area contributed by atoms with Gasteiger partial charge < -0.3 is 9.52 Å². The summed E-state index contributed by atoms with van der Waals surface area (Å²) < 4.78 is 19.2. The van der Waals surface area contributed by atoms with Crippen LogP contribution in [0.25, 0.3) is 11.3 Å². The molecular weight excluding hydrogens is 247 g/mol. The van der Waals surface area contributed by atoms with Gasteiger partial charge in [0, 0.05) is 11.5 Å². The molecule has 19 heavy (non-hydrogen) atoms. The number of carboxylic acids is 1. The quantitative estimate of drug-likeness (QED) is 0.917. The van der Waals surface area contributed by atoms with Crippen molar-refractivity contribution in [2.24, 2.45) is 5.92 Å². The summed E-state index contributed by atoms with van der Waals surface area (Å²) in [4.78, 5) is 10.8. The summed E-state index contributed by atoms with van der Waals surface area (Å²) in [5, 5.41) is 8.90. The van der Waals surface area contributed by atoms with Crippen LogP contribution in [0.15, 0.2) is 34.7 Å². The van der Waals surface area contributed by atoms with Gasteiger partial charge in [0.2, 0.25) is 0 Å². The van der Waals surface area contributed by atoms with Gasteiger partial charge in [-0.25, -0.2) is 4.39 Å². The summed E-state index contributed by atoms with van der Waals surface area (Å²) in [6.45, 7) is 1.70. The molecule has 3 rings (SSSR count). The van der Waals surface area contributed by atoms with Crippen LogP contribution >= 0.6 is 0 Å². The number of rotatable bonds is 3. The van der Waals surface area contributed by atoms with Gasteiger partial charge in [0.1, 0.15) is 17.3 Å². The topological polar surface area (TPSA) is 50.4 Å². The third-order valence-corrected chi connectivity index (χ3v) is 3.63. The summed E-state index contributed by atoms with van der Waals surface area (Å²) >= 11 is 0. The third-order valence-electron chi connectivity index (χ3n) is 3.63. The standard InChI is InChI=1S/C15H13FO3/c1-8-9(3-2-4-12(8)16)13-5-6-14(19-13)10-7-11(10)15(17)18/h2-6,10-11H,7H2,1H3,(H,17,18)/t10-,11+/m1/s1. The lowest BCUT2D eigenvalue weighted by atomic mass is 10.1. The SMILES string of the molecule is Cc1c(F)cccc1-c1ccc([C@@H]2C[C@@H]2C(=O)O)o1. The van der Waals surface area contributed by atoms with E-state index in [9.17, 15) is 9.18 Å². The lowest BCUT2D eigenvalue weighted by Crippen LogP contribution is -1.98. The maximum Gasteiger partial charge on any atom is 0.307 e. The van der Waals surface area contributed by atoms with Gasteiger partial charge in [-0.15, -0.1) is 0 Å². The summed E-state index contributed by atoms with van der Waals surface area (Å²) in [7, 11) is 0. The monoisotopic (exact) mass is 260 g/mol. The molecule has 1 aliphatic carbocycles. The fourth-order valence-corrected chi connectivity index (χ4v) is 2.35. The zero-order valence-electron chi connectivity index (χ0n) is 10.4. The number of hydrogen-bond acceptors (Lipinski definition) is 2. The highest BCUT2D eigenvalue weighted by Gasteiger charge is 2.46. The van der Waals surface area contributed by atoms with Crippen molar-refractivity contribution in [3.63, 3.8) is 0 Å². The molecule has 4 heteroatoms. The highest BCUT2D eigenvalue weighted by Crippen LogP contribution is 2.48. The molecule has 1 aromatic heterocycles. The Balaban J connectivity index is 1.90. The second-order valence-corrected chi connectivity index (χ2v) is 4.90. The van der Waals surface area contributed by atoms with Gasteiger partial charge in [-0.3, -0.25) is 4.79 Å². The molecular formula is C15H13FO3. The van der Waals surface area contributed by atoms with Crippen molar-refractivity contribution in [1.82, 2.24) is 0 Å². The Bertz CT molecular complexity index is 645. The van der Waals surface area contributed by atoms with Gasteiger partial charge in [-0.1, -0.05) is 12.1 Å². The van der Waals surface area contributed by atoms with E-state index in [-0.39, 0.29) is 17.7 Å². The maximum absolute atomic E-state index is 13.5. The van der Waals surface area contributed by atoms with E-state index in [1.54, 1.807) is 31.2 Å². The third kappa shape index (κ3) is 2.03. The van der Waals surface area contributed by atoms with Crippen molar-refractivity contribution in [2.75, 3.05) is 0 Å². The van der Waals surface area contributed by atoms with Crippen molar-refractivity contribution in [2.45, 2.75) is 19.3 Å². The molecule has 0 aliphatic heterocycles. The first-order valence-corrected chi connectivity index (χ1v) is 6.16. The molecule has 0 amide bonds. The minimum absolute atomic E-state index is 0.0416. The largest absolute Gasteiger partial charge is 0.481 e. The number of carboxylic acid groups (broad SMARTS) is 1. The first kappa shape index (κ1) is 12.0. The number of hydrogen-bond donors (Lipinski definition) is 1. The van der Waals surface area contributed by atoms with Crippen molar-refractivity contribution in [1.29, 1.82) is 0 Å². The molecule has 0 radical (unpaired) electrons. The van der Waals surface area contributed by atoms with Crippen molar-refractivity contribution >= 4 is 5.97 Å². The Morgan fingerprint density at radius 3 is 2.84 bits per heavy atom. The first-order chi connectivity index (χ1) is 9.08. The molecule has 1 N–H and O–H groups in total. The van der Waals surface area contributed by atoms with Crippen LogP contribution in [0, 0.1) is 18.7 Å². The summed E-state index contributed by atoms with van der Waals surface area (Å²) in [5.41, 5.74) is 1.24. The minimum atomic E-state index is -0.787. The second kappa shape index (κ2) is 4.23. The highest BCUT2D eigenvalue weighted by molar-refractivity contribution is 5.75. The predicted octanol–water partition coefficient (Wildman–Crippen LogP) is 3.58. The van der Waals surface area contributed by atoms with E-state index in [0.717, 1.165) is 0 Å². The average molecular weight is 260 g/mol. The fourth-order valence-electron chi connectivity index (χ4n) is 2.35. The first-order valence-electron chi connectivity index (χ1n) is 6.16. The van der Waals surface area contributed by atoms with E-state index in [1.807, 2.05) is 0 Å².